The van der Waals surface area contributed by atoms with Gasteiger partial charge in [0.1, 0.15) is 0 Å². The second-order valence-corrected chi connectivity index (χ2v) is 5.62. The van der Waals surface area contributed by atoms with Crippen LogP contribution in [0.3, 0.4) is 0 Å². The first-order valence-corrected chi connectivity index (χ1v) is 7.30. The molecule has 104 valence electrons. The molecule has 2 aromatic rings. The van der Waals surface area contributed by atoms with Gasteiger partial charge in [0, 0.05) is 12.0 Å². The molecule has 0 aromatic heterocycles. The Bertz CT molecular complexity index is 575. The van der Waals surface area contributed by atoms with E-state index in [0.717, 1.165) is 6.42 Å². The first-order valence-electron chi connectivity index (χ1n) is 7.30. The number of nitrogens with two attached hydrogens (primary N) is 1. The van der Waals surface area contributed by atoms with E-state index in [2.05, 4.69) is 55.5 Å². The van der Waals surface area contributed by atoms with Gasteiger partial charge in [0.05, 0.1) is 6.10 Å². The Morgan fingerprint density at radius 2 is 1.50 bits per heavy atom. The lowest BCUT2D eigenvalue weighted by atomic mass is 9.72. The van der Waals surface area contributed by atoms with Gasteiger partial charge >= 0.3 is 0 Å². The summed E-state index contributed by atoms with van der Waals surface area (Å²) in [4.78, 5) is 0. The van der Waals surface area contributed by atoms with E-state index in [1.807, 2.05) is 0 Å². The molecule has 3 rings (SSSR count). The maximum atomic E-state index is 10.1. The molecule has 0 saturated carbocycles. The summed E-state index contributed by atoms with van der Waals surface area (Å²) in [6, 6.07) is 17.1. The summed E-state index contributed by atoms with van der Waals surface area (Å²) in [7, 11) is 0. The summed E-state index contributed by atoms with van der Waals surface area (Å²) < 4.78 is 0. The molecular weight excluding hydrogens is 246 g/mol. The first-order chi connectivity index (χ1) is 9.73. The highest BCUT2D eigenvalue weighted by Crippen LogP contribution is 2.52. The van der Waals surface area contributed by atoms with Crippen LogP contribution in [0.25, 0.3) is 11.1 Å². The highest BCUT2D eigenvalue weighted by molar-refractivity contribution is 5.80. The van der Waals surface area contributed by atoms with Gasteiger partial charge in [-0.2, -0.15) is 0 Å². The molecule has 0 saturated heterocycles. The monoisotopic (exact) mass is 267 g/mol. The van der Waals surface area contributed by atoms with Crippen LogP contribution >= 0.6 is 0 Å². The molecule has 0 fully saturated rings. The highest BCUT2D eigenvalue weighted by Gasteiger charge is 2.42. The SMILES string of the molecule is CCC1(CC(O)CN)c2ccccc2-c2ccccc21. The molecule has 0 radical (unpaired) electrons. The van der Waals surface area contributed by atoms with Crippen molar-refractivity contribution in [3.8, 4) is 11.1 Å². The van der Waals surface area contributed by atoms with Crippen molar-refractivity contribution in [3.63, 3.8) is 0 Å². The number of rotatable bonds is 4. The molecule has 1 aliphatic carbocycles. The van der Waals surface area contributed by atoms with Crippen molar-refractivity contribution in [2.45, 2.75) is 31.3 Å². The normalized spacial score (nSPS) is 16.6. The molecule has 2 heteroatoms. The fourth-order valence-electron chi connectivity index (χ4n) is 3.65. The van der Waals surface area contributed by atoms with Crippen LogP contribution in [0.5, 0.6) is 0 Å². The van der Waals surface area contributed by atoms with Crippen LogP contribution in [0.1, 0.15) is 30.9 Å². The minimum Gasteiger partial charge on any atom is -0.392 e. The van der Waals surface area contributed by atoms with E-state index in [1.165, 1.54) is 22.3 Å². The highest BCUT2D eigenvalue weighted by atomic mass is 16.3. The van der Waals surface area contributed by atoms with Crippen molar-refractivity contribution in [1.29, 1.82) is 0 Å². The zero-order valence-electron chi connectivity index (χ0n) is 11.8. The van der Waals surface area contributed by atoms with Crippen LogP contribution in [-0.4, -0.2) is 17.8 Å². The lowest BCUT2D eigenvalue weighted by Gasteiger charge is -2.32. The van der Waals surface area contributed by atoms with Crippen LogP contribution in [0.15, 0.2) is 48.5 Å². The second kappa shape index (κ2) is 5.04. The smallest absolute Gasteiger partial charge is 0.0674 e. The Balaban J connectivity index is 2.23. The molecule has 0 spiro atoms. The maximum Gasteiger partial charge on any atom is 0.0674 e. The topological polar surface area (TPSA) is 46.2 Å². The summed E-state index contributed by atoms with van der Waals surface area (Å²) in [5.74, 6) is 0. The van der Waals surface area contributed by atoms with Gasteiger partial charge in [0.2, 0.25) is 0 Å². The molecule has 1 aliphatic rings. The zero-order chi connectivity index (χ0) is 14.2. The van der Waals surface area contributed by atoms with Gasteiger partial charge in [-0.1, -0.05) is 55.5 Å². The Morgan fingerprint density at radius 1 is 1.00 bits per heavy atom. The van der Waals surface area contributed by atoms with Crippen molar-refractivity contribution in [1.82, 2.24) is 0 Å². The van der Waals surface area contributed by atoms with E-state index in [9.17, 15) is 5.11 Å². The molecule has 1 unspecified atom stereocenters. The van der Waals surface area contributed by atoms with Crippen molar-refractivity contribution < 1.29 is 5.11 Å². The van der Waals surface area contributed by atoms with Crippen molar-refractivity contribution in [3.05, 3.63) is 59.7 Å². The van der Waals surface area contributed by atoms with Gasteiger partial charge in [0.15, 0.2) is 0 Å². The van der Waals surface area contributed by atoms with Crippen LogP contribution in [-0.2, 0) is 5.41 Å². The van der Waals surface area contributed by atoms with Crippen molar-refractivity contribution in [2.24, 2.45) is 5.73 Å². The van der Waals surface area contributed by atoms with E-state index in [1.54, 1.807) is 0 Å². The van der Waals surface area contributed by atoms with Gasteiger partial charge in [-0.05, 0) is 35.1 Å². The molecular formula is C18H21NO. The summed E-state index contributed by atoms with van der Waals surface area (Å²) in [5, 5.41) is 10.1. The molecule has 0 amide bonds. The Hall–Kier alpha value is -1.64. The van der Waals surface area contributed by atoms with Crippen molar-refractivity contribution in [2.75, 3.05) is 6.54 Å². The Morgan fingerprint density at radius 3 is 1.95 bits per heavy atom. The number of aliphatic hydroxyl groups is 1. The molecule has 20 heavy (non-hydrogen) atoms. The van der Waals surface area contributed by atoms with Gasteiger partial charge in [-0.3, -0.25) is 0 Å². The average Bonchev–Trinajstić information content (AvgIpc) is 2.79. The fourth-order valence-corrected chi connectivity index (χ4v) is 3.65. The fraction of sp³-hybridized carbons (Fsp3) is 0.333. The van der Waals surface area contributed by atoms with E-state index in [-0.39, 0.29) is 5.41 Å². The molecule has 0 bridgehead atoms. The van der Waals surface area contributed by atoms with Crippen molar-refractivity contribution >= 4 is 0 Å². The average molecular weight is 267 g/mol. The zero-order valence-corrected chi connectivity index (χ0v) is 11.8. The number of hydrogen-bond acceptors (Lipinski definition) is 2. The predicted molar refractivity (Wildman–Crippen MR) is 82.6 cm³/mol. The van der Waals surface area contributed by atoms with Crippen LogP contribution < -0.4 is 5.73 Å². The minimum absolute atomic E-state index is 0.105. The Labute approximate surface area is 120 Å². The van der Waals surface area contributed by atoms with Crippen LogP contribution in [0.4, 0.5) is 0 Å². The third-order valence-electron chi connectivity index (χ3n) is 4.64. The van der Waals surface area contributed by atoms with E-state index >= 15 is 0 Å². The number of aliphatic hydroxyl groups excluding tert-OH is 1. The quantitative estimate of drug-likeness (QED) is 0.894. The van der Waals surface area contributed by atoms with E-state index in [0.29, 0.717) is 13.0 Å². The van der Waals surface area contributed by atoms with E-state index in [4.69, 9.17) is 5.73 Å². The minimum atomic E-state index is -0.464. The first kappa shape index (κ1) is 13.3. The molecule has 0 aliphatic heterocycles. The summed E-state index contributed by atoms with van der Waals surface area (Å²) in [5.41, 5.74) is 10.8. The second-order valence-electron chi connectivity index (χ2n) is 5.62. The predicted octanol–water partition coefficient (Wildman–Crippen LogP) is 3.07. The molecule has 1 atom stereocenters. The molecule has 2 aromatic carbocycles. The lowest BCUT2D eigenvalue weighted by molar-refractivity contribution is 0.146. The summed E-state index contributed by atoms with van der Waals surface area (Å²) >= 11 is 0. The molecule has 0 heterocycles. The third kappa shape index (κ3) is 1.80. The maximum absolute atomic E-state index is 10.1. The number of fused-ring (bicyclic) bond motifs is 3. The number of hydrogen-bond donors (Lipinski definition) is 2. The largest absolute Gasteiger partial charge is 0.392 e. The third-order valence-corrected chi connectivity index (χ3v) is 4.64. The number of benzene rings is 2. The molecule has 3 N–H and O–H groups in total. The van der Waals surface area contributed by atoms with Gasteiger partial charge < -0.3 is 10.8 Å². The standard InChI is InChI=1S/C18H21NO/c1-2-18(11-13(20)12-19)16-9-5-3-7-14(16)15-8-4-6-10-17(15)18/h3-10,13,20H,2,11-12,19H2,1H3. The molecule has 2 nitrogen and oxygen atoms in total. The lowest BCUT2D eigenvalue weighted by Crippen LogP contribution is -2.33. The van der Waals surface area contributed by atoms with Gasteiger partial charge in [0.25, 0.3) is 0 Å². The van der Waals surface area contributed by atoms with E-state index < -0.39 is 6.10 Å². The van der Waals surface area contributed by atoms with Gasteiger partial charge in [-0.25, -0.2) is 0 Å². The summed E-state index contributed by atoms with van der Waals surface area (Å²) in [6.45, 7) is 2.51. The summed E-state index contributed by atoms with van der Waals surface area (Å²) in [6.07, 6.45) is 1.20. The Kier molecular flexibility index (Phi) is 3.36. The van der Waals surface area contributed by atoms with Gasteiger partial charge in [-0.15, -0.1) is 0 Å². The van der Waals surface area contributed by atoms with Crippen LogP contribution in [0, 0.1) is 0 Å². The van der Waals surface area contributed by atoms with Crippen LogP contribution in [0.2, 0.25) is 0 Å².